The molecule has 0 atom stereocenters. The Morgan fingerprint density at radius 3 is 2.59 bits per heavy atom. The van der Waals surface area contributed by atoms with Gasteiger partial charge in [0.15, 0.2) is 0 Å². The van der Waals surface area contributed by atoms with Crippen LogP contribution >= 0.6 is 0 Å². The summed E-state index contributed by atoms with van der Waals surface area (Å²) in [6.07, 6.45) is 0. The van der Waals surface area contributed by atoms with Crippen molar-refractivity contribution < 1.29 is 4.79 Å². The maximum Gasteiger partial charge on any atom is 0.319 e. The highest BCUT2D eigenvalue weighted by Crippen LogP contribution is 2.18. The van der Waals surface area contributed by atoms with Gasteiger partial charge in [0, 0.05) is 11.6 Å². The van der Waals surface area contributed by atoms with Gasteiger partial charge >= 0.3 is 6.03 Å². The molecule has 0 unspecified atom stereocenters. The Bertz CT molecular complexity index is 440. The Labute approximate surface area is 101 Å². The van der Waals surface area contributed by atoms with Crippen LogP contribution in [0.4, 0.5) is 10.5 Å². The zero-order valence-electron chi connectivity index (χ0n) is 10.3. The van der Waals surface area contributed by atoms with E-state index >= 15 is 0 Å². The number of rotatable bonds is 3. The van der Waals surface area contributed by atoms with E-state index in [1.165, 1.54) is 0 Å². The normalized spacial score (nSPS) is 10.1. The second-order valence-electron chi connectivity index (χ2n) is 4.16. The third-order valence-electron chi connectivity index (χ3n) is 2.21. The van der Waals surface area contributed by atoms with Crippen LogP contribution in [0, 0.1) is 12.3 Å². The van der Waals surface area contributed by atoms with Crippen molar-refractivity contribution in [3.05, 3.63) is 29.3 Å². The number of nitrogen functional groups attached to an aromatic ring is 1. The molecule has 17 heavy (non-hydrogen) atoms. The topological polar surface area (TPSA) is 91.0 Å². The van der Waals surface area contributed by atoms with Crippen molar-refractivity contribution in [3.63, 3.8) is 0 Å². The first-order chi connectivity index (χ1) is 7.91. The van der Waals surface area contributed by atoms with Gasteiger partial charge in [-0.05, 0) is 32.4 Å². The highest BCUT2D eigenvalue weighted by molar-refractivity contribution is 6.05. The van der Waals surface area contributed by atoms with E-state index in [1.54, 1.807) is 6.07 Å². The smallest absolute Gasteiger partial charge is 0.319 e. The van der Waals surface area contributed by atoms with Gasteiger partial charge in [0.2, 0.25) is 0 Å². The average Bonchev–Trinajstić information content (AvgIpc) is 2.15. The first-order valence-electron chi connectivity index (χ1n) is 5.43. The first kappa shape index (κ1) is 13.0. The molecule has 0 radical (unpaired) electrons. The number of carbonyl (C=O) groups is 1. The average molecular weight is 234 g/mol. The lowest BCUT2D eigenvalue weighted by Gasteiger charge is -2.14. The maximum atomic E-state index is 11.6. The molecule has 1 rings (SSSR count). The van der Waals surface area contributed by atoms with Gasteiger partial charge in [0.25, 0.3) is 0 Å². The summed E-state index contributed by atoms with van der Waals surface area (Å²) in [7, 11) is 0. The summed E-state index contributed by atoms with van der Waals surface area (Å²) in [5, 5.41) is 12.9. The lowest BCUT2D eigenvalue weighted by molar-refractivity contribution is 0.250. The largest absolute Gasteiger partial charge is 0.384 e. The summed E-state index contributed by atoms with van der Waals surface area (Å²) in [6.45, 7) is 5.60. The number of anilines is 1. The van der Waals surface area contributed by atoms with E-state index in [4.69, 9.17) is 11.1 Å². The Morgan fingerprint density at radius 2 is 2.06 bits per heavy atom. The molecule has 1 aromatic rings. The number of amidine groups is 1. The van der Waals surface area contributed by atoms with E-state index in [1.807, 2.05) is 32.9 Å². The van der Waals surface area contributed by atoms with Crippen LogP contribution in [0.1, 0.15) is 25.0 Å². The van der Waals surface area contributed by atoms with Crippen LogP contribution in [-0.4, -0.2) is 17.9 Å². The predicted molar refractivity (Wildman–Crippen MR) is 69.5 cm³/mol. The molecule has 0 heterocycles. The molecular weight excluding hydrogens is 216 g/mol. The summed E-state index contributed by atoms with van der Waals surface area (Å²) in [6, 6.07) is 5.15. The third kappa shape index (κ3) is 3.48. The number of carbonyl (C=O) groups excluding carboxylic acids is 1. The van der Waals surface area contributed by atoms with Crippen LogP contribution < -0.4 is 16.4 Å². The fourth-order valence-electron chi connectivity index (χ4n) is 1.55. The van der Waals surface area contributed by atoms with Crippen LogP contribution in [0.3, 0.4) is 0 Å². The highest BCUT2D eigenvalue weighted by Gasteiger charge is 2.11. The number of nitrogens with two attached hydrogens (primary N) is 1. The molecule has 1 aromatic carbocycles. The van der Waals surface area contributed by atoms with Gasteiger partial charge in [-0.2, -0.15) is 0 Å². The second-order valence-corrected chi connectivity index (χ2v) is 4.16. The van der Waals surface area contributed by atoms with Crippen molar-refractivity contribution in [2.75, 3.05) is 5.32 Å². The van der Waals surface area contributed by atoms with E-state index in [-0.39, 0.29) is 17.9 Å². The van der Waals surface area contributed by atoms with Crippen molar-refractivity contribution >= 4 is 17.6 Å². The summed E-state index contributed by atoms with van der Waals surface area (Å²) in [4.78, 5) is 11.6. The van der Waals surface area contributed by atoms with Crippen molar-refractivity contribution in [2.45, 2.75) is 26.8 Å². The zero-order chi connectivity index (χ0) is 13.0. The van der Waals surface area contributed by atoms with Gasteiger partial charge in [-0.3, -0.25) is 5.41 Å². The van der Waals surface area contributed by atoms with Gasteiger partial charge in [0.1, 0.15) is 5.84 Å². The molecule has 2 amide bonds. The number of nitrogens with one attached hydrogen (secondary N) is 3. The maximum absolute atomic E-state index is 11.6. The fraction of sp³-hybridized carbons (Fsp3) is 0.333. The lowest BCUT2D eigenvalue weighted by Crippen LogP contribution is -2.34. The molecule has 0 aromatic heterocycles. The molecule has 5 heteroatoms. The number of amides is 2. The van der Waals surface area contributed by atoms with Gasteiger partial charge < -0.3 is 16.4 Å². The minimum Gasteiger partial charge on any atom is -0.384 e. The summed E-state index contributed by atoms with van der Waals surface area (Å²) in [5.74, 6) is -0.0528. The van der Waals surface area contributed by atoms with Crippen LogP contribution in [-0.2, 0) is 0 Å². The predicted octanol–water partition coefficient (Wildman–Crippen LogP) is 1.81. The van der Waals surface area contributed by atoms with Crippen molar-refractivity contribution in [1.29, 1.82) is 5.41 Å². The summed E-state index contributed by atoms with van der Waals surface area (Å²) >= 11 is 0. The van der Waals surface area contributed by atoms with E-state index in [9.17, 15) is 4.79 Å². The Kier molecular flexibility index (Phi) is 4.09. The number of urea groups is 1. The number of aryl methyl sites for hydroxylation is 1. The Hall–Kier alpha value is -2.04. The third-order valence-corrected chi connectivity index (χ3v) is 2.21. The monoisotopic (exact) mass is 234 g/mol. The van der Waals surface area contributed by atoms with Gasteiger partial charge in [-0.15, -0.1) is 0 Å². The van der Waals surface area contributed by atoms with Crippen molar-refractivity contribution in [1.82, 2.24) is 5.32 Å². The Balaban J connectivity index is 2.95. The lowest BCUT2D eigenvalue weighted by atomic mass is 10.1. The zero-order valence-corrected chi connectivity index (χ0v) is 10.3. The van der Waals surface area contributed by atoms with Crippen molar-refractivity contribution in [2.24, 2.45) is 5.73 Å². The number of hydrogen-bond acceptors (Lipinski definition) is 2. The summed E-state index contributed by atoms with van der Waals surface area (Å²) < 4.78 is 0. The molecule has 5 N–H and O–H groups in total. The molecule has 0 saturated carbocycles. The standard InChI is InChI=1S/C12H18N4O/c1-7(2)15-12(17)16-9-6-4-5-8(3)10(9)11(13)14/h4-7H,1-3H3,(H3,13,14)(H2,15,16,17). The molecule has 0 aliphatic carbocycles. The number of benzene rings is 1. The first-order valence-corrected chi connectivity index (χ1v) is 5.43. The van der Waals surface area contributed by atoms with Gasteiger partial charge in [-0.1, -0.05) is 12.1 Å². The molecule has 92 valence electrons. The highest BCUT2D eigenvalue weighted by atomic mass is 16.2. The fourth-order valence-corrected chi connectivity index (χ4v) is 1.55. The second kappa shape index (κ2) is 5.34. The van der Waals surface area contributed by atoms with Crippen LogP contribution in [0.15, 0.2) is 18.2 Å². The van der Waals surface area contributed by atoms with E-state index in [0.717, 1.165) is 5.56 Å². The van der Waals surface area contributed by atoms with Crippen molar-refractivity contribution in [3.8, 4) is 0 Å². The van der Waals surface area contributed by atoms with Gasteiger partial charge in [-0.25, -0.2) is 4.79 Å². The minimum atomic E-state index is -0.298. The molecule has 0 saturated heterocycles. The van der Waals surface area contributed by atoms with Crippen LogP contribution in [0.25, 0.3) is 0 Å². The molecular formula is C12H18N4O. The number of hydrogen-bond donors (Lipinski definition) is 4. The van der Waals surface area contributed by atoms with E-state index in [0.29, 0.717) is 11.3 Å². The van der Waals surface area contributed by atoms with Gasteiger partial charge in [0.05, 0.1) is 5.69 Å². The van der Waals surface area contributed by atoms with Crippen LogP contribution in [0.2, 0.25) is 0 Å². The minimum absolute atomic E-state index is 0.0528. The van der Waals surface area contributed by atoms with E-state index in [2.05, 4.69) is 10.6 Å². The quantitative estimate of drug-likeness (QED) is 0.474. The Morgan fingerprint density at radius 1 is 1.41 bits per heavy atom. The molecule has 0 spiro atoms. The van der Waals surface area contributed by atoms with E-state index < -0.39 is 0 Å². The summed E-state index contributed by atoms with van der Waals surface area (Å²) in [5.41, 5.74) is 7.48. The molecule has 5 nitrogen and oxygen atoms in total. The van der Waals surface area contributed by atoms with Crippen LogP contribution in [0.5, 0.6) is 0 Å². The molecule has 0 aliphatic rings. The SMILES string of the molecule is Cc1cccc(NC(=O)NC(C)C)c1C(=N)N. The molecule has 0 fully saturated rings. The molecule has 0 aliphatic heterocycles. The molecule has 0 bridgehead atoms.